The number of rotatable bonds is 7. The van der Waals surface area contributed by atoms with Crippen molar-refractivity contribution < 1.29 is 8.42 Å². The van der Waals surface area contributed by atoms with Crippen molar-refractivity contribution in [2.45, 2.75) is 31.1 Å². The van der Waals surface area contributed by atoms with Gasteiger partial charge in [-0.2, -0.15) is 0 Å². The summed E-state index contributed by atoms with van der Waals surface area (Å²) in [5.74, 6) is 0. The van der Waals surface area contributed by atoms with Crippen LogP contribution in [-0.4, -0.2) is 24.9 Å². The standard InChI is InChI=1S/C12H18N4O2S2/c1-3-13-7-11-9(2)4-12(19-11)20(17,18)16-6-10-5-14-8-15-10/h4-5,8,13,16H,3,6-7H2,1-2H3,(H,14,15). The van der Waals surface area contributed by atoms with E-state index < -0.39 is 10.0 Å². The summed E-state index contributed by atoms with van der Waals surface area (Å²) in [5.41, 5.74) is 1.73. The van der Waals surface area contributed by atoms with Gasteiger partial charge in [0.15, 0.2) is 0 Å². The fourth-order valence-corrected chi connectivity index (χ4v) is 4.27. The van der Waals surface area contributed by atoms with Gasteiger partial charge >= 0.3 is 0 Å². The number of nitrogens with one attached hydrogen (secondary N) is 3. The van der Waals surface area contributed by atoms with Crippen molar-refractivity contribution in [2.75, 3.05) is 6.54 Å². The number of nitrogens with zero attached hydrogens (tertiary/aromatic N) is 1. The van der Waals surface area contributed by atoms with Gasteiger partial charge in [-0.05, 0) is 25.1 Å². The molecule has 3 N–H and O–H groups in total. The minimum atomic E-state index is -3.47. The second-order valence-electron chi connectivity index (χ2n) is 4.35. The van der Waals surface area contributed by atoms with Crippen molar-refractivity contribution in [3.63, 3.8) is 0 Å². The van der Waals surface area contributed by atoms with Crippen LogP contribution in [0.15, 0.2) is 22.8 Å². The van der Waals surface area contributed by atoms with Crippen molar-refractivity contribution >= 4 is 21.4 Å². The van der Waals surface area contributed by atoms with Crippen molar-refractivity contribution in [3.05, 3.63) is 34.7 Å². The number of sulfonamides is 1. The number of imidazole rings is 1. The van der Waals surface area contributed by atoms with Gasteiger partial charge in [-0.25, -0.2) is 18.1 Å². The molecule has 0 unspecified atom stereocenters. The SMILES string of the molecule is CCNCc1sc(S(=O)(=O)NCc2cnc[nH]2)cc1C. The highest BCUT2D eigenvalue weighted by atomic mass is 32.2. The van der Waals surface area contributed by atoms with E-state index in [1.165, 1.54) is 17.7 Å². The third kappa shape index (κ3) is 3.66. The number of aromatic amines is 1. The minimum Gasteiger partial charge on any atom is -0.347 e. The van der Waals surface area contributed by atoms with E-state index in [0.717, 1.165) is 22.7 Å². The fourth-order valence-electron chi connectivity index (χ4n) is 1.66. The van der Waals surface area contributed by atoms with E-state index in [-0.39, 0.29) is 6.54 Å². The number of thiophene rings is 1. The minimum absolute atomic E-state index is 0.210. The largest absolute Gasteiger partial charge is 0.347 e. The molecule has 8 heteroatoms. The second kappa shape index (κ2) is 6.49. The molecule has 0 saturated carbocycles. The molecular formula is C12H18N4O2S2. The molecule has 0 atom stereocenters. The Morgan fingerprint density at radius 2 is 2.20 bits per heavy atom. The molecule has 0 fully saturated rings. The van der Waals surface area contributed by atoms with Gasteiger partial charge in [0.25, 0.3) is 0 Å². The molecular weight excluding hydrogens is 296 g/mol. The number of hydrogen-bond acceptors (Lipinski definition) is 5. The number of H-pyrrole nitrogens is 1. The topological polar surface area (TPSA) is 86.9 Å². The van der Waals surface area contributed by atoms with E-state index in [9.17, 15) is 8.42 Å². The normalized spacial score (nSPS) is 11.9. The quantitative estimate of drug-likeness (QED) is 0.720. The molecule has 0 spiro atoms. The molecule has 0 bridgehead atoms. The zero-order chi connectivity index (χ0) is 14.6. The molecule has 0 aliphatic heterocycles. The Morgan fingerprint density at radius 3 is 2.85 bits per heavy atom. The Kier molecular flexibility index (Phi) is 4.92. The van der Waals surface area contributed by atoms with Crippen LogP contribution >= 0.6 is 11.3 Å². The van der Waals surface area contributed by atoms with Crippen molar-refractivity contribution in [2.24, 2.45) is 0 Å². The van der Waals surface area contributed by atoms with Gasteiger partial charge in [0.1, 0.15) is 4.21 Å². The van der Waals surface area contributed by atoms with Crippen LogP contribution in [0.2, 0.25) is 0 Å². The molecule has 0 aliphatic rings. The molecule has 0 saturated heterocycles. The van der Waals surface area contributed by atoms with Crippen LogP contribution in [0.5, 0.6) is 0 Å². The maximum absolute atomic E-state index is 12.2. The van der Waals surface area contributed by atoms with Gasteiger partial charge in [0.2, 0.25) is 10.0 Å². The molecule has 2 aromatic heterocycles. The summed E-state index contributed by atoms with van der Waals surface area (Å²) in [6.45, 7) is 5.71. The Morgan fingerprint density at radius 1 is 1.40 bits per heavy atom. The van der Waals surface area contributed by atoms with Crippen LogP contribution < -0.4 is 10.0 Å². The maximum Gasteiger partial charge on any atom is 0.250 e. The molecule has 6 nitrogen and oxygen atoms in total. The lowest BCUT2D eigenvalue weighted by atomic mass is 10.3. The van der Waals surface area contributed by atoms with E-state index >= 15 is 0 Å². The highest BCUT2D eigenvalue weighted by Crippen LogP contribution is 2.25. The Bertz CT molecular complexity index is 647. The van der Waals surface area contributed by atoms with Crippen LogP contribution in [0, 0.1) is 6.92 Å². The summed E-state index contributed by atoms with van der Waals surface area (Å²) >= 11 is 1.30. The van der Waals surface area contributed by atoms with Gasteiger partial charge in [-0.3, -0.25) is 0 Å². The lowest BCUT2D eigenvalue weighted by Crippen LogP contribution is -2.22. The number of aromatic nitrogens is 2. The molecule has 0 amide bonds. The monoisotopic (exact) mass is 314 g/mol. The van der Waals surface area contributed by atoms with Crippen molar-refractivity contribution in [1.29, 1.82) is 0 Å². The first-order chi connectivity index (χ1) is 9.53. The first kappa shape index (κ1) is 15.2. The summed E-state index contributed by atoms with van der Waals surface area (Å²) in [5, 5.41) is 3.21. The Balaban J connectivity index is 2.09. The molecule has 0 aliphatic carbocycles. The predicted molar refractivity (Wildman–Crippen MR) is 79.0 cm³/mol. The van der Waals surface area contributed by atoms with E-state index in [4.69, 9.17) is 0 Å². The molecule has 0 aromatic carbocycles. The van der Waals surface area contributed by atoms with Crippen LogP contribution in [0.3, 0.4) is 0 Å². The molecule has 2 heterocycles. The average molecular weight is 314 g/mol. The van der Waals surface area contributed by atoms with E-state index in [1.807, 2.05) is 13.8 Å². The predicted octanol–water partition coefficient (Wildman–Crippen LogP) is 1.37. The lowest BCUT2D eigenvalue weighted by Gasteiger charge is -2.02. The van der Waals surface area contributed by atoms with Gasteiger partial charge in [-0.15, -0.1) is 11.3 Å². The maximum atomic E-state index is 12.2. The molecule has 2 aromatic rings. The number of hydrogen-bond donors (Lipinski definition) is 3. The zero-order valence-electron chi connectivity index (χ0n) is 11.4. The number of aryl methyl sites for hydroxylation is 1. The molecule has 0 radical (unpaired) electrons. The highest BCUT2D eigenvalue weighted by Gasteiger charge is 2.18. The van der Waals surface area contributed by atoms with E-state index in [0.29, 0.717) is 10.8 Å². The van der Waals surface area contributed by atoms with Crippen LogP contribution in [0.4, 0.5) is 0 Å². The third-order valence-electron chi connectivity index (χ3n) is 2.81. The first-order valence-corrected chi connectivity index (χ1v) is 8.60. The van der Waals surface area contributed by atoms with Crippen molar-refractivity contribution in [3.8, 4) is 0 Å². The Labute approximate surface area is 122 Å². The smallest absolute Gasteiger partial charge is 0.250 e. The van der Waals surface area contributed by atoms with Gasteiger partial charge in [0.05, 0.1) is 12.9 Å². The van der Waals surface area contributed by atoms with Gasteiger partial charge < -0.3 is 10.3 Å². The van der Waals surface area contributed by atoms with E-state index in [2.05, 4.69) is 20.0 Å². The van der Waals surface area contributed by atoms with Crippen molar-refractivity contribution in [1.82, 2.24) is 20.0 Å². The fraction of sp³-hybridized carbons (Fsp3) is 0.417. The highest BCUT2D eigenvalue weighted by molar-refractivity contribution is 7.91. The van der Waals surface area contributed by atoms with E-state index in [1.54, 1.807) is 12.3 Å². The summed E-state index contributed by atoms with van der Waals surface area (Å²) in [7, 11) is -3.47. The summed E-state index contributed by atoms with van der Waals surface area (Å²) in [6.07, 6.45) is 3.12. The summed E-state index contributed by atoms with van der Waals surface area (Å²) in [4.78, 5) is 7.76. The van der Waals surface area contributed by atoms with Gasteiger partial charge in [-0.1, -0.05) is 6.92 Å². The van der Waals surface area contributed by atoms with Crippen LogP contribution in [0.25, 0.3) is 0 Å². The Hall–Kier alpha value is -1.22. The molecule has 110 valence electrons. The van der Waals surface area contributed by atoms with Crippen LogP contribution in [0.1, 0.15) is 23.1 Å². The third-order valence-corrected chi connectivity index (χ3v) is 5.92. The lowest BCUT2D eigenvalue weighted by molar-refractivity contribution is 0.582. The second-order valence-corrected chi connectivity index (χ2v) is 7.48. The zero-order valence-corrected chi connectivity index (χ0v) is 13.1. The molecule has 2 rings (SSSR count). The summed E-state index contributed by atoms with van der Waals surface area (Å²) in [6, 6.07) is 1.71. The first-order valence-electron chi connectivity index (χ1n) is 6.30. The van der Waals surface area contributed by atoms with Crippen LogP contribution in [-0.2, 0) is 23.1 Å². The average Bonchev–Trinajstić information content (AvgIpc) is 3.04. The summed E-state index contributed by atoms with van der Waals surface area (Å²) < 4.78 is 27.3. The molecule has 20 heavy (non-hydrogen) atoms. The van der Waals surface area contributed by atoms with Gasteiger partial charge in [0, 0.05) is 23.3 Å².